The summed E-state index contributed by atoms with van der Waals surface area (Å²) in [4.78, 5) is 0. The summed E-state index contributed by atoms with van der Waals surface area (Å²) < 4.78 is 38.0. The number of aryl methyl sites for hydroxylation is 1. The molecule has 0 aromatic heterocycles. The van der Waals surface area contributed by atoms with E-state index in [1.165, 1.54) is 63.4 Å². The summed E-state index contributed by atoms with van der Waals surface area (Å²) >= 11 is 0. The van der Waals surface area contributed by atoms with E-state index < -0.39 is 0 Å². The molecule has 0 bridgehead atoms. The first-order chi connectivity index (χ1) is 15.7. The monoisotopic (exact) mass is 467 g/mol. The van der Waals surface area contributed by atoms with E-state index in [4.69, 9.17) is 5.73 Å². The molecule has 0 aliphatic heterocycles. The van der Waals surface area contributed by atoms with Crippen LogP contribution in [0.2, 0.25) is 0 Å². The maximum atomic E-state index is 9.50. The lowest BCUT2D eigenvalue weighted by molar-refractivity contribution is 0.330. The molecule has 1 nitrogen and oxygen atoms in total. The van der Waals surface area contributed by atoms with Crippen LogP contribution in [0.5, 0.6) is 0 Å². The minimum atomic E-state index is 0.500. The zero-order valence-electron chi connectivity index (χ0n) is 22.2. The summed E-state index contributed by atoms with van der Waals surface area (Å²) in [5.74, 6) is 2.57. The van der Waals surface area contributed by atoms with Gasteiger partial charge in [0.05, 0.1) is 28.7 Å². The molecule has 0 heterocycles. The Bertz CT molecular complexity index is 420. The van der Waals surface area contributed by atoms with E-state index in [0.29, 0.717) is 28.7 Å². The van der Waals surface area contributed by atoms with Crippen LogP contribution >= 0.6 is 0 Å². The average molecular weight is 468 g/mol. The van der Waals surface area contributed by atoms with Gasteiger partial charge in [0.1, 0.15) is 0 Å². The molecule has 2 fully saturated rings. The van der Waals surface area contributed by atoms with Crippen molar-refractivity contribution in [2.45, 2.75) is 91.4 Å². The highest BCUT2D eigenvalue weighted by atomic mass is 19.1. The number of benzene rings is 1. The molecule has 3 rings (SSSR count). The van der Waals surface area contributed by atoms with E-state index in [9.17, 15) is 17.6 Å². The van der Waals surface area contributed by atoms with Crippen LogP contribution in [-0.4, -0.2) is 35.3 Å². The highest BCUT2D eigenvalue weighted by molar-refractivity contribution is 5.25. The molecule has 2 N–H and O–H groups in total. The fourth-order valence-corrected chi connectivity index (χ4v) is 4.05. The summed E-state index contributed by atoms with van der Waals surface area (Å²) in [6.07, 6.45) is 12.7. The van der Waals surface area contributed by atoms with E-state index in [-0.39, 0.29) is 0 Å². The maximum Gasteiger partial charge on any atom is 0.0785 e. The Morgan fingerprint density at radius 2 is 1.09 bits per heavy atom. The number of rotatable bonds is 2. The molecule has 5 heteroatoms. The molecule has 194 valence electrons. The molecule has 0 spiro atoms. The third-order valence-electron chi connectivity index (χ3n) is 5.68. The number of hydrogen-bond acceptors (Lipinski definition) is 1. The van der Waals surface area contributed by atoms with E-state index in [2.05, 4.69) is 38.1 Å². The van der Waals surface area contributed by atoms with Crippen LogP contribution < -0.4 is 5.73 Å². The zero-order valence-corrected chi connectivity index (χ0v) is 22.2. The van der Waals surface area contributed by atoms with Gasteiger partial charge in [-0.25, -0.2) is 0 Å². The molecule has 1 aromatic rings. The Morgan fingerprint density at radius 1 is 0.688 bits per heavy atom. The molecule has 2 atom stereocenters. The van der Waals surface area contributed by atoms with Crippen molar-refractivity contribution in [2.24, 2.45) is 17.6 Å². The first-order valence-electron chi connectivity index (χ1n) is 12.0. The predicted octanol–water partition coefficient (Wildman–Crippen LogP) is 9.18. The van der Waals surface area contributed by atoms with Crippen molar-refractivity contribution in [3.63, 3.8) is 0 Å². The topological polar surface area (TPSA) is 26.0 Å². The third kappa shape index (κ3) is 19.6. The summed E-state index contributed by atoms with van der Waals surface area (Å²) in [5.41, 5.74) is 8.43. The standard InChI is InChI=1S/C14H20.C7H15N.C2H6.4CH3F/c1-11-7-9-13(10-8-11)14-6-4-3-5-12(14)2;8-6-7-4-2-1-3-5-7;5*1-2/h7-10,12,14H,3-6H2,1-2H3;7H,1-6,8H2;1-2H3;4*1H3/t12-,14?;;;;;;/m0....../s1. The summed E-state index contributed by atoms with van der Waals surface area (Å²) in [6.45, 7) is 9.48. The number of nitrogens with two attached hydrogens (primary N) is 1. The SMILES string of the molecule is CC.CF.CF.CF.CF.Cc1ccc(C2CCCC[C@@H]2C)cc1.NCC1CCCCC1. The molecular weight excluding hydrogens is 414 g/mol. The second-order valence-electron chi connectivity index (χ2n) is 7.52. The lowest BCUT2D eigenvalue weighted by atomic mass is 9.76. The van der Waals surface area contributed by atoms with E-state index in [0.717, 1.165) is 24.3 Å². The fraction of sp³-hybridized carbons (Fsp3) is 0.778. The van der Waals surface area contributed by atoms with E-state index >= 15 is 0 Å². The Hall–Kier alpha value is -1.10. The Morgan fingerprint density at radius 3 is 1.47 bits per heavy atom. The quantitative estimate of drug-likeness (QED) is 0.431. The normalized spacial score (nSPS) is 18.9. The molecule has 0 saturated heterocycles. The van der Waals surface area contributed by atoms with Crippen LogP contribution in [0.4, 0.5) is 17.6 Å². The predicted molar refractivity (Wildman–Crippen MR) is 137 cm³/mol. The largest absolute Gasteiger partial charge is 0.330 e. The van der Waals surface area contributed by atoms with Gasteiger partial charge in [-0.05, 0) is 56.0 Å². The van der Waals surface area contributed by atoms with Crippen molar-refractivity contribution in [3.8, 4) is 0 Å². The molecular formula is C27H53F4N. The molecule has 2 aliphatic rings. The highest BCUT2D eigenvalue weighted by Gasteiger charge is 2.22. The number of hydrogen-bond donors (Lipinski definition) is 1. The molecule has 0 amide bonds. The van der Waals surface area contributed by atoms with Gasteiger partial charge in [0.15, 0.2) is 0 Å². The lowest BCUT2D eigenvalue weighted by Gasteiger charge is -2.29. The lowest BCUT2D eigenvalue weighted by Crippen LogP contribution is -2.16. The first-order valence-corrected chi connectivity index (χ1v) is 12.0. The van der Waals surface area contributed by atoms with Gasteiger partial charge in [0.25, 0.3) is 0 Å². The molecule has 0 radical (unpaired) electrons. The highest BCUT2D eigenvalue weighted by Crippen LogP contribution is 2.37. The maximum absolute atomic E-state index is 9.50. The molecule has 2 saturated carbocycles. The van der Waals surface area contributed by atoms with Gasteiger partial charge >= 0.3 is 0 Å². The van der Waals surface area contributed by atoms with Crippen molar-refractivity contribution >= 4 is 0 Å². The van der Waals surface area contributed by atoms with Crippen LogP contribution in [0.1, 0.15) is 95.6 Å². The zero-order chi connectivity index (χ0) is 25.8. The molecule has 32 heavy (non-hydrogen) atoms. The van der Waals surface area contributed by atoms with Crippen LogP contribution in [0.25, 0.3) is 0 Å². The second-order valence-corrected chi connectivity index (χ2v) is 7.52. The Kier molecular flexibility index (Phi) is 38.3. The molecule has 1 aromatic carbocycles. The Labute approximate surface area is 197 Å². The minimum absolute atomic E-state index is 0.500. The van der Waals surface area contributed by atoms with Gasteiger partial charge in [-0.15, -0.1) is 0 Å². The van der Waals surface area contributed by atoms with Gasteiger partial charge in [-0.1, -0.05) is 89.1 Å². The average Bonchev–Trinajstić information content (AvgIpc) is 2.92. The third-order valence-corrected chi connectivity index (χ3v) is 5.68. The van der Waals surface area contributed by atoms with Crippen LogP contribution in [0.15, 0.2) is 24.3 Å². The van der Waals surface area contributed by atoms with Gasteiger partial charge in [-0.3, -0.25) is 17.6 Å². The van der Waals surface area contributed by atoms with Crippen molar-refractivity contribution in [2.75, 3.05) is 35.3 Å². The van der Waals surface area contributed by atoms with Crippen LogP contribution in [0.3, 0.4) is 0 Å². The Balaban J connectivity index is -0.000000187. The van der Waals surface area contributed by atoms with Gasteiger partial charge in [0.2, 0.25) is 0 Å². The fourth-order valence-electron chi connectivity index (χ4n) is 4.05. The summed E-state index contributed by atoms with van der Waals surface area (Å²) in [6, 6.07) is 9.14. The van der Waals surface area contributed by atoms with Crippen LogP contribution in [0, 0.1) is 18.8 Å². The molecule has 2 aliphatic carbocycles. The van der Waals surface area contributed by atoms with Gasteiger partial charge < -0.3 is 5.73 Å². The van der Waals surface area contributed by atoms with E-state index in [1.54, 1.807) is 5.56 Å². The van der Waals surface area contributed by atoms with Crippen molar-refractivity contribution in [1.29, 1.82) is 0 Å². The smallest absolute Gasteiger partial charge is 0.0785 e. The minimum Gasteiger partial charge on any atom is -0.330 e. The van der Waals surface area contributed by atoms with Crippen molar-refractivity contribution in [3.05, 3.63) is 35.4 Å². The summed E-state index contributed by atoms with van der Waals surface area (Å²) in [7, 11) is 2.00. The second kappa shape index (κ2) is 32.1. The number of alkyl halides is 4. The van der Waals surface area contributed by atoms with Crippen molar-refractivity contribution in [1.82, 2.24) is 0 Å². The van der Waals surface area contributed by atoms with Crippen LogP contribution in [-0.2, 0) is 0 Å². The van der Waals surface area contributed by atoms with Crippen molar-refractivity contribution < 1.29 is 17.6 Å². The molecule has 1 unspecified atom stereocenters. The number of halogens is 4. The first kappa shape index (κ1) is 38.2. The summed E-state index contributed by atoms with van der Waals surface area (Å²) in [5, 5.41) is 0. The van der Waals surface area contributed by atoms with E-state index in [1.807, 2.05) is 13.8 Å². The van der Waals surface area contributed by atoms with Gasteiger partial charge in [-0.2, -0.15) is 0 Å². The van der Waals surface area contributed by atoms with Gasteiger partial charge in [0, 0.05) is 0 Å².